The Morgan fingerprint density at radius 1 is 0.795 bits per heavy atom. The van der Waals surface area contributed by atoms with Gasteiger partial charge >= 0.3 is 11.9 Å². The van der Waals surface area contributed by atoms with Crippen LogP contribution in [0, 0.1) is 0 Å². The second-order valence-electron chi connectivity index (χ2n) is 9.75. The molecule has 7 N–H and O–H groups in total. The van der Waals surface area contributed by atoms with Gasteiger partial charge in [-0.25, -0.2) is 15.0 Å². The lowest BCUT2D eigenvalue weighted by molar-refractivity contribution is -0.502. The number of methoxy groups -OCH3 is 1. The predicted octanol–water partition coefficient (Wildman–Crippen LogP) is 1.93. The number of hydrogen-bond donors (Lipinski definition) is 7. The van der Waals surface area contributed by atoms with Gasteiger partial charge in [0.25, 0.3) is 5.88 Å². The van der Waals surface area contributed by atoms with Crippen molar-refractivity contribution in [3.8, 4) is 40.5 Å². The normalized spacial score (nSPS) is 11.2. The zero-order valence-electron chi connectivity index (χ0n) is 24.7. The maximum atomic E-state index is 9.81. The fourth-order valence-electron chi connectivity index (χ4n) is 3.25. The summed E-state index contributed by atoms with van der Waals surface area (Å²) in [6.45, 7) is 8.46. The fourth-order valence-corrected chi connectivity index (χ4v) is 3.25. The van der Waals surface area contributed by atoms with E-state index in [-0.39, 0.29) is 34.4 Å². The van der Waals surface area contributed by atoms with Gasteiger partial charge in [0.2, 0.25) is 11.6 Å². The minimum Gasteiger partial charge on any atom is -0.508 e. The van der Waals surface area contributed by atoms with E-state index in [0.29, 0.717) is 11.5 Å². The van der Waals surface area contributed by atoms with Crippen LogP contribution in [0.25, 0.3) is 11.6 Å². The summed E-state index contributed by atoms with van der Waals surface area (Å²) in [6, 6.07) is 15.4. The number of aromatic hydroxyl groups is 1. The molecule has 2 heterocycles. The van der Waals surface area contributed by atoms with Crippen LogP contribution in [0.3, 0.4) is 0 Å². The Morgan fingerprint density at radius 3 is 1.86 bits per heavy atom. The highest BCUT2D eigenvalue weighted by molar-refractivity contribution is 5.62. The molecule has 2 aromatic carbocycles. The fraction of sp³-hybridized carbons (Fsp3) is 0.276. The van der Waals surface area contributed by atoms with Crippen molar-refractivity contribution in [1.29, 1.82) is 0 Å². The molecule has 0 atom stereocenters. The predicted molar refractivity (Wildman–Crippen MR) is 157 cm³/mol. The third-order valence-electron chi connectivity index (χ3n) is 5.53. The molecule has 0 saturated heterocycles. The van der Waals surface area contributed by atoms with Crippen LogP contribution < -0.4 is 19.5 Å². The van der Waals surface area contributed by atoms with Gasteiger partial charge in [0.1, 0.15) is 12.5 Å². The standard InChI is InChI=1S/C18H19N5O8.C10H14O.CH2O/c1-19-13-12(30-11-7-4-3-6-10(11)29-2)16(31-18(27,28)17(24,25)26)23-15(22-13)14-20-8-5-9-21-14;1-10(2,3)8-4-6-9(11)7-5-8;1-2/h3-9,24-28H,1-2H3,(H,19,22,23);4-7,11H,1-3H3;1H2. The largest absolute Gasteiger partial charge is 0.508 e. The molecule has 2 aromatic heterocycles. The third kappa shape index (κ3) is 9.29. The number of nitrogens with zero attached hydrogens (tertiary/aromatic N) is 4. The Bertz CT molecular complexity index is 1480. The van der Waals surface area contributed by atoms with Crippen molar-refractivity contribution in [2.24, 2.45) is 0 Å². The number of rotatable bonds is 8. The smallest absolute Gasteiger partial charge is 0.410 e. The summed E-state index contributed by atoms with van der Waals surface area (Å²) in [4.78, 5) is 24.2. The molecule has 0 unspecified atom stereocenters. The molecule has 0 aliphatic heterocycles. The van der Waals surface area contributed by atoms with Gasteiger partial charge in [0.15, 0.2) is 23.1 Å². The number of nitrogens with one attached hydrogen (secondary N) is 1. The summed E-state index contributed by atoms with van der Waals surface area (Å²) in [5.74, 6) is -8.27. The maximum Gasteiger partial charge on any atom is 0.410 e. The summed E-state index contributed by atoms with van der Waals surface area (Å²) in [6.07, 6.45) is 2.85. The number of phenols is 1. The number of carbonyl (C=O) groups is 1. The van der Waals surface area contributed by atoms with Crippen molar-refractivity contribution in [3.63, 3.8) is 0 Å². The molecule has 0 saturated carbocycles. The molecule has 4 aromatic rings. The highest BCUT2D eigenvalue weighted by Gasteiger charge is 2.51. The zero-order chi connectivity index (χ0) is 33.1. The van der Waals surface area contributed by atoms with Gasteiger partial charge in [-0.1, -0.05) is 45.0 Å². The van der Waals surface area contributed by atoms with Crippen molar-refractivity contribution in [1.82, 2.24) is 19.9 Å². The highest BCUT2D eigenvalue weighted by atomic mass is 16.8. The van der Waals surface area contributed by atoms with E-state index >= 15 is 0 Å². The number of aliphatic hydroxyl groups is 5. The molecule has 15 heteroatoms. The molecule has 0 aliphatic carbocycles. The molecule has 0 spiro atoms. The minimum absolute atomic E-state index is 0.0198. The summed E-state index contributed by atoms with van der Waals surface area (Å²) < 4.78 is 15.8. The van der Waals surface area contributed by atoms with Crippen molar-refractivity contribution < 1.29 is 49.6 Å². The number of anilines is 1. The first-order valence-corrected chi connectivity index (χ1v) is 12.7. The summed E-state index contributed by atoms with van der Waals surface area (Å²) >= 11 is 0. The van der Waals surface area contributed by atoms with Crippen LogP contribution >= 0.6 is 0 Å². The van der Waals surface area contributed by atoms with E-state index in [4.69, 9.17) is 24.1 Å². The second kappa shape index (κ2) is 15.0. The molecule has 4 rings (SSSR count). The van der Waals surface area contributed by atoms with Gasteiger partial charge in [-0.3, -0.25) is 0 Å². The summed E-state index contributed by atoms with van der Waals surface area (Å²) in [7, 11) is 2.89. The Morgan fingerprint density at radius 2 is 1.36 bits per heavy atom. The van der Waals surface area contributed by atoms with Crippen LogP contribution in [0.2, 0.25) is 0 Å². The van der Waals surface area contributed by atoms with Crippen molar-refractivity contribution in [3.05, 3.63) is 72.6 Å². The molecule has 15 nitrogen and oxygen atoms in total. The summed E-state index contributed by atoms with van der Waals surface area (Å²) in [5.41, 5.74) is 1.42. The van der Waals surface area contributed by atoms with Crippen molar-refractivity contribution in [2.75, 3.05) is 19.5 Å². The third-order valence-corrected chi connectivity index (χ3v) is 5.53. The second-order valence-corrected chi connectivity index (χ2v) is 9.75. The van der Waals surface area contributed by atoms with E-state index in [1.165, 1.54) is 38.2 Å². The van der Waals surface area contributed by atoms with E-state index in [9.17, 15) is 25.5 Å². The Balaban J connectivity index is 0.000000434. The van der Waals surface area contributed by atoms with Gasteiger partial charge < -0.3 is 55.0 Å². The quantitative estimate of drug-likeness (QED) is 0.141. The van der Waals surface area contributed by atoms with E-state index < -0.39 is 17.8 Å². The number of ether oxygens (including phenoxy) is 3. The molecule has 0 bridgehead atoms. The molecule has 0 amide bonds. The van der Waals surface area contributed by atoms with Crippen LogP contribution in [0.5, 0.6) is 28.9 Å². The van der Waals surface area contributed by atoms with Gasteiger partial charge in [-0.15, -0.1) is 0 Å². The number of phenolic OH excluding ortho intramolecular Hbond substituents is 1. The van der Waals surface area contributed by atoms with E-state index in [0.717, 1.165) is 0 Å². The molecule has 0 fully saturated rings. The van der Waals surface area contributed by atoms with E-state index in [2.05, 4.69) is 46.0 Å². The number of aromatic nitrogens is 4. The van der Waals surface area contributed by atoms with Crippen LogP contribution in [0.15, 0.2) is 67.0 Å². The molecule has 236 valence electrons. The molecule has 44 heavy (non-hydrogen) atoms. The zero-order valence-corrected chi connectivity index (χ0v) is 24.7. The van der Waals surface area contributed by atoms with E-state index in [1.54, 1.807) is 36.4 Å². The Labute approximate surface area is 253 Å². The lowest BCUT2D eigenvalue weighted by Gasteiger charge is -2.29. The monoisotopic (exact) mass is 613 g/mol. The topological polar surface area (TPSA) is 230 Å². The lowest BCUT2D eigenvalue weighted by Crippen LogP contribution is -2.58. The first-order chi connectivity index (χ1) is 20.7. The number of para-hydroxylation sites is 2. The average molecular weight is 614 g/mol. The number of benzene rings is 2. The molecule has 0 radical (unpaired) electrons. The SMILES string of the molecule is C=O.CC(C)(C)c1ccc(O)cc1.CNc1nc(-c2ncccn2)nc(OC(O)(O)C(O)(O)O)c1Oc1ccccc1OC. The maximum absolute atomic E-state index is 9.81. The molecule has 0 aliphatic rings. The Kier molecular flexibility index (Phi) is 12.0. The molecular formula is C29H35N5O10. The highest BCUT2D eigenvalue weighted by Crippen LogP contribution is 2.41. The van der Waals surface area contributed by atoms with Gasteiger partial charge in [0, 0.05) is 19.4 Å². The van der Waals surface area contributed by atoms with Crippen LogP contribution in [-0.2, 0) is 10.2 Å². The van der Waals surface area contributed by atoms with Gasteiger partial charge in [-0.2, -0.15) is 4.98 Å². The van der Waals surface area contributed by atoms with Gasteiger partial charge in [-0.05, 0) is 41.3 Å². The van der Waals surface area contributed by atoms with Crippen LogP contribution in [0.4, 0.5) is 5.82 Å². The average Bonchev–Trinajstić information content (AvgIpc) is 2.99. The summed E-state index contributed by atoms with van der Waals surface area (Å²) in [5, 5.41) is 59.0. The first-order valence-electron chi connectivity index (χ1n) is 12.7. The van der Waals surface area contributed by atoms with Crippen molar-refractivity contribution >= 4 is 12.6 Å². The van der Waals surface area contributed by atoms with Crippen LogP contribution in [-0.4, -0.2) is 83.5 Å². The van der Waals surface area contributed by atoms with Crippen LogP contribution in [0.1, 0.15) is 26.3 Å². The lowest BCUT2D eigenvalue weighted by atomic mass is 9.87. The van der Waals surface area contributed by atoms with Gasteiger partial charge in [0.05, 0.1) is 7.11 Å². The first kappa shape index (κ1) is 35.3. The van der Waals surface area contributed by atoms with Crippen molar-refractivity contribution in [2.45, 2.75) is 38.1 Å². The Hall–Kier alpha value is -4.93. The minimum atomic E-state index is -4.07. The van der Waals surface area contributed by atoms with E-state index in [1.807, 2.05) is 18.9 Å². The molecular weight excluding hydrogens is 578 g/mol. The number of hydrogen-bond acceptors (Lipinski definition) is 15. The number of carbonyl (C=O) groups excluding carboxylic acids is 1.